The summed E-state index contributed by atoms with van der Waals surface area (Å²) in [5, 5.41) is 0. The van der Waals surface area contributed by atoms with Crippen molar-refractivity contribution in [3.63, 3.8) is 0 Å². The van der Waals surface area contributed by atoms with E-state index < -0.39 is 0 Å². The highest BCUT2D eigenvalue weighted by Crippen LogP contribution is 2.32. The summed E-state index contributed by atoms with van der Waals surface area (Å²) in [5.74, 6) is -0.205. The normalized spacial score (nSPS) is 19.9. The second kappa shape index (κ2) is 3.96. The van der Waals surface area contributed by atoms with Gasteiger partial charge in [0, 0.05) is 13.0 Å². The van der Waals surface area contributed by atoms with Crippen LogP contribution in [0.4, 0.5) is 4.39 Å². The van der Waals surface area contributed by atoms with Gasteiger partial charge in [-0.05, 0) is 18.6 Å². The van der Waals surface area contributed by atoms with Crippen LogP contribution < -0.4 is 0 Å². The minimum atomic E-state index is -0.341. The van der Waals surface area contributed by atoms with Gasteiger partial charge < -0.3 is 4.90 Å². The largest absolute Gasteiger partial charge is 0.334 e. The lowest BCUT2D eigenvalue weighted by Crippen LogP contribution is -2.45. The van der Waals surface area contributed by atoms with Gasteiger partial charge in [-0.15, -0.1) is 0 Å². The van der Waals surface area contributed by atoms with Gasteiger partial charge in [-0.25, -0.2) is 4.39 Å². The second-order valence-corrected chi connectivity index (χ2v) is 3.65. The number of hydrogen-bond donors (Lipinski definition) is 0. The molecule has 4 heteroatoms. The maximum Gasteiger partial charge on any atom is 0.222 e. The van der Waals surface area contributed by atoms with Crippen molar-refractivity contribution in [3.8, 4) is 0 Å². The predicted octanol–water partition coefficient (Wildman–Crippen LogP) is 1.90. The molecule has 1 fully saturated rings. The van der Waals surface area contributed by atoms with E-state index in [2.05, 4.69) is 4.98 Å². The highest BCUT2D eigenvalue weighted by molar-refractivity contribution is 5.77. The highest BCUT2D eigenvalue weighted by atomic mass is 19.1. The number of pyridine rings is 1. The molecule has 0 N–H and O–H groups in total. The Morgan fingerprint density at radius 1 is 1.67 bits per heavy atom. The first-order chi connectivity index (χ1) is 7.22. The molecule has 15 heavy (non-hydrogen) atoms. The van der Waals surface area contributed by atoms with Crippen molar-refractivity contribution in [3.05, 3.63) is 29.8 Å². The number of likely N-dealkylation sites (tertiary alicyclic amines) is 1. The summed E-state index contributed by atoms with van der Waals surface area (Å²) in [6, 6.07) is 3.09. The number of carbonyl (C=O) groups excluding carboxylic acids is 1. The number of halogens is 1. The molecule has 0 aromatic carbocycles. The van der Waals surface area contributed by atoms with Crippen LogP contribution in [-0.2, 0) is 4.79 Å². The van der Waals surface area contributed by atoms with Gasteiger partial charge in [0.15, 0.2) is 0 Å². The number of aromatic nitrogens is 1. The van der Waals surface area contributed by atoms with Crippen molar-refractivity contribution in [1.29, 1.82) is 0 Å². The SMILES string of the molecule is CCC(=O)N1CCC1c1ccc(F)cn1. The molecule has 1 atom stereocenters. The van der Waals surface area contributed by atoms with Crippen LogP contribution in [0.2, 0.25) is 0 Å². The minimum Gasteiger partial charge on any atom is -0.334 e. The Morgan fingerprint density at radius 2 is 2.47 bits per heavy atom. The summed E-state index contributed by atoms with van der Waals surface area (Å²) in [6.07, 6.45) is 2.63. The summed E-state index contributed by atoms with van der Waals surface area (Å²) >= 11 is 0. The van der Waals surface area contributed by atoms with Gasteiger partial charge in [0.2, 0.25) is 5.91 Å². The van der Waals surface area contributed by atoms with Crippen molar-refractivity contribution in [2.24, 2.45) is 0 Å². The lowest BCUT2D eigenvalue weighted by molar-refractivity contribution is -0.138. The molecule has 1 aromatic rings. The number of amides is 1. The van der Waals surface area contributed by atoms with Gasteiger partial charge in [-0.3, -0.25) is 9.78 Å². The fourth-order valence-electron chi connectivity index (χ4n) is 1.78. The molecule has 0 bridgehead atoms. The van der Waals surface area contributed by atoms with E-state index >= 15 is 0 Å². The van der Waals surface area contributed by atoms with Crippen molar-refractivity contribution < 1.29 is 9.18 Å². The van der Waals surface area contributed by atoms with Gasteiger partial charge in [-0.1, -0.05) is 6.92 Å². The monoisotopic (exact) mass is 208 g/mol. The number of hydrogen-bond acceptors (Lipinski definition) is 2. The maximum atomic E-state index is 12.7. The quantitative estimate of drug-likeness (QED) is 0.743. The van der Waals surface area contributed by atoms with E-state index in [0.717, 1.165) is 18.7 Å². The molecule has 1 amide bonds. The molecule has 1 unspecified atom stereocenters. The zero-order valence-electron chi connectivity index (χ0n) is 8.61. The Labute approximate surface area is 87.9 Å². The second-order valence-electron chi connectivity index (χ2n) is 3.65. The number of rotatable bonds is 2. The van der Waals surface area contributed by atoms with Gasteiger partial charge in [0.25, 0.3) is 0 Å². The summed E-state index contributed by atoms with van der Waals surface area (Å²) in [5.41, 5.74) is 0.782. The molecule has 0 saturated carbocycles. The molecular weight excluding hydrogens is 195 g/mol. The van der Waals surface area contributed by atoms with Crippen molar-refractivity contribution in [2.75, 3.05) is 6.54 Å². The van der Waals surface area contributed by atoms with E-state index in [1.807, 2.05) is 6.92 Å². The van der Waals surface area contributed by atoms with Crippen LogP contribution in [-0.4, -0.2) is 22.3 Å². The predicted molar refractivity (Wildman–Crippen MR) is 53.6 cm³/mol. The lowest BCUT2D eigenvalue weighted by Gasteiger charge is -2.40. The molecule has 2 rings (SSSR count). The van der Waals surface area contributed by atoms with Crippen LogP contribution in [0.5, 0.6) is 0 Å². The van der Waals surface area contributed by atoms with E-state index in [-0.39, 0.29) is 17.8 Å². The third-order valence-electron chi connectivity index (χ3n) is 2.73. The van der Waals surface area contributed by atoms with E-state index in [0.29, 0.717) is 6.42 Å². The van der Waals surface area contributed by atoms with Gasteiger partial charge in [-0.2, -0.15) is 0 Å². The van der Waals surface area contributed by atoms with E-state index in [1.165, 1.54) is 12.3 Å². The molecular formula is C11H13FN2O. The zero-order chi connectivity index (χ0) is 10.8. The van der Waals surface area contributed by atoms with Crippen LogP contribution in [0.3, 0.4) is 0 Å². The average molecular weight is 208 g/mol. The van der Waals surface area contributed by atoms with Crippen molar-refractivity contribution in [1.82, 2.24) is 9.88 Å². The first-order valence-electron chi connectivity index (χ1n) is 5.13. The third kappa shape index (κ3) is 1.84. The smallest absolute Gasteiger partial charge is 0.222 e. The van der Waals surface area contributed by atoms with Gasteiger partial charge >= 0.3 is 0 Å². The van der Waals surface area contributed by atoms with Crippen LogP contribution >= 0.6 is 0 Å². The molecule has 80 valence electrons. The van der Waals surface area contributed by atoms with Crippen molar-refractivity contribution in [2.45, 2.75) is 25.8 Å². The summed E-state index contributed by atoms with van der Waals surface area (Å²) < 4.78 is 12.7. The molecule has 1 saturated heterocycles. The molecule has 2 heterocycles. The van der Waals surface area contributed by atoms with Crippen LogP contribution in [0, 0.1) is 5.82 Å². The first kappa shape index (κ1) is 10.1. The molecule has 0 spiro atoms. The standard InChI is InChI=1S/C11H13FN2O/c1-2-11(15)14-6-5-10(14)9-4-3-8(12)7-13-9/h3-4,7,10H,2,5-6H2,1H3. The Bertz CT molecular complexity index is 363. The Morgan fingerprint density at radius 3 is 2.93 bits per heavy atom. The third-order valence-corrected chi connectivity index (χ3v) is 2.73. The topological polar surface area (TPSA) is 33.2 Å². The van der Waals surface area contributed by atoms with Gasteiger partial charge in [0.1, 0.15) is 5.82 Å². The van der Waals surface area contributed by atoms with E-state index in [1.54, 1.807) is 11.0 Å². The molecule has 0 aliphatic carbocycles. The Balaban J connectivity index is 2.12. The fourth-order valence-corrected chi connectivity index (χ4v) is 1.78. The first-order valence-corrected chi connectivity index (χ1v) is 5.13. The summed E-state index contributed by atoms with van der Waals surface area (Å²) in [6.45, 7) is 2.63. The van der Waals surface area contributed by atoms with Crippen LogP contribution in [0.25, 0.3) is 0 Å². The summed E-state index contributed by atoms with van der Waals surface area (Å²) in [4.78, 5) is 17.3. The zero-order valence-corrected chi connectivity index (χ0v) is 8.61. The van der Waals surface area contributed by atoms with Crippen LogP contribution in [0.1, 0.15) is 31.5 Å². The number of carbonyl (C=O) groups is 1. The Hall–Kier alpha value is -1.45. The number of nitrogens with zero attached hydrogens (tertiary/aromatic N) is 2. The molecule has 0 radical (unpaired) electrons. The Kier molecular flexibility index (Phi) is 2.66. The maximum absolute atomic E-state index is 12.7. The molecule has 1 aliphatic rings. The fraction of sp³-hybridized carbons (Fsp3) is 0.455. The minimum absolute atomic E-state index is 0.0537. The van der Waals surface area contributed by atoms with Crippen LogP contribution in [0.15, 0.2) is 18.3 Å². The molecule has 1 aromatic heterocycles. The highest BCUT2D eigenvalue weighted by Gasteiger charge is 2.33. The van der Waals surface area contributed by atoms with E-state index in [9.17, 15) is 9.18 Å². The molecule has 3 nitrogen and oxygen atoms in total. The molecule has 1 aliphatic heterocycles. The van der Waals surface area contributed by atoms with E-state index in [4.69, 9.17) is 0 Å². The summed E-state index contributed by atoms with van der Waals surface area (Å²) in [7, 11) is 0. The van der Waals surface area contributed by atoms with Crippen molar-refractivity contribution >= 4 is 5.91 Å². The lowest BCUT2D eigenvalue weighted by atomic mass is 9.98. The van der Waals surface area contributed by atoms with Gasteiger partial charge in [0.05, 0.1) is 17.9 Å². The average Bonchev–Trinajstić information content (AvgIpc) is 2.19.